The Balaban J connectivity index is 2.02. The third-order valence-electron chi connectivity index (χ3n) is 4.27. The summed E-state index contributed by atoms with van der Waals surface area (Å²) in [6, 6.07) is 5.72. The number of nitrogens with zero attached hydrogens (tertiary/aromatic N) is 6. The molecule has 2 heterocycles. The number of sulfonamides is 1. The third-order valence-corrected chi connectivity index (χ3v) is 7.24. The van der Waals surface area contributed by atoms with Crippen molar-refractivity contribution >= 4 is 33.3 Å². The summed E-state index contributed by atoms with van der Waals surface area (Å²) in [6.07, 6.45) is 0. The van der Waals surface area contributed by atoms with E-state index in [9.17, 15) is 18.5 Å². The van der Waals surface area contributed by atoms with Crippen molar-refractivity contribution in [1.29, 1.82) is 0 Å². The van der Waals surface area contributed by atoms with Crippen LogP contribution in [0.25, 0.3) is 5.78 Å². The molecule has 1 aromatic carbocycles. The van der Waals surface area contributed by atoms with Crippen molar-refractivity contribution in [3.8, 4) is 0 Å². The van der Waals surface area contributed by atoms with Crippen molar-refractivity contribution in [2.45, 2.75) is 42.6 Å². The standard InChI is InChI=1S/C17H20N6O4S2/c1-5-21(6-2)29(26,27)13-7-8-15(14(10-13)23(24)25)28-17-19-16-18-11(3)9-12(4)22(16)20-17/h7-10H,5-6H2,1-4H3. The van der Waals surface area contributed by atoms with Gasteiger partial charge >= 0.3 is 0 Å². The normalized spacial score (nSPS) is 12.0. The van der Waals surface area contributed by atoms with Crippen LogP contribution >= 0.6 is 11.8 Å². The lowest BCUT2D eigenvalue weighted by molar-refractivity contribution is -0.388. The van der Waals surface area contributed by atoms with Crippen molar-refractivity contribution in [3.63, 3.8) is 0 Å². The number of rotatable bonds is 7. The van der Waals surface area contributed by atoms with E-state index in [1.54, 1.807) is 18.4 Å². The van der Waals surface area contributed by atoms with Crippen LogP contribution in [0.5, 0.6) is 0 Å². The first kappa shape index (κ1) is 21.1. The first-order chi connectivity index (χ1) is 13.7. The predicted octanol–water partition coefficient (Wildman–Crippen LogP) is 2.83. The quantitative estimate of drug-likeness (QED) is 0.409. The molecule has 3 aromatic rings. The third kappa shape index (κ3) is 4.09. The van der Waals surface area contributed by atoms with Gasteiger partial charge in [-0.1, -0.05) is 13.8 Å². The van der Waals surface area contributed by atoms with Gasteiger partial charge in [-0.15, -0.1) is 5.10 Å². The molecule has 3 rings (SSSR count). The first-order valence-corrected chi connectivity index (χ1v) is 11.1. The second kappa shape index (κ2) is 8.05. The van der Waals surface area contributed by atoms with Gasteiger partial charge in [-0.3, -0.25) is 10.1 Å². The number of nitro groups is 1. The molecule has 0 N–H and O–H groups in total. The zero-order valence-electron chi connectivity index (χ0n) is 16.4. The molecule has 0 unspecified atom stereocenters. The summed E-state index contributed by atoms with van der Waals surface area (Å²) in [6.45, 7) is 7.69. The van der Waals surface area contributed by atoms with Gasteiger partial charge in [0, 0.05) is 30.5 Å². The Hall–Kier alpha value is -2.57. The summed E-state index contributed by atoms with van der Waals surface area (Å²) in [5.74, 6) is 0.397. The number of aryl methyl sites for hydroxylation is 2. The Morgan fingerprint density at radius 2 is 1.86 bits per heavy atom. The minimum absolute atomic E-state index is 0.117. The summed E-state index contributed by atoms with van der Waals surface area (Å²) in [5.41, 5.74) is 1.31. The Morgan fingerprint density at radius 3 is 2.48 bits per heavy atom. The van der Waals surface area contributed by atoms with E-state index in [0.29, 0.717) is 5.78 Å². The lowest BCUT2D eigenvalue weighted by Crippen LogP contribution is -2.30. The van der Waals surface area contributed by atoms with Crippen LogP contribution in [0, 0.1) is 24.0 Å². The largest absolute Gasteiger partial charge is 0.284 e. The number of nitro benzene ring substituents is 1. The highest BCUT2D eigenvalue weighted by Crippen LogP contribution is 2.35. The van der Waals surface area contributed by atoms with E-state index in [-0.39, 0.29) is 33.7 Å². The second-order valence-corrected chi connectivity index (χ2v) is 9.17. The van der Waals surface area contributed by atoms with Crippen molar-refractivity contribution in [3.05, 3.63) is 45.8 Å². The molecular formula is C17H20N6O4S2. The molecule has 0 aliphatic heterocycles. The fraction of sp³-hybridized carbons (Fsp3) is 0.353. The maximum Gasteiger partial charge on any atom is 0.284 e. The Kier molecular flexibility index (Phi) is 5.87. The highest BCUT2D eigenvalue weighted by atomic mass is 32.2. The molecular weight excluding hydrogens is 416 g/mol. The summed E-state index contributed by atoms with van der Waals surface area (Å²) in [5, 5.41) is 16.2. The van der Waals surface area contributed by atoms with E-state index in [4.69, 9.17) is 0 Å². The molecule has 0 saturated carbocycles. The Labute approximate surface area is 172 Å². The number of aromatic nitrogens is 4. The topological polar surface area (TPSA) is 124 Å². The summed E-state index contributed by atoms with van der Waals surface area (Å²) < 4.78 is 28.2. The number of hydrogen-bond donors (Lipinski definition) is 0. The van der Waals surface area contributed by atoms with Crippen LogP contribution in [-0.2, 0) is 10.0 Å². The van der Waals surface area contributed by atoms with Gasteiger partial charge in [0.05, 0.1) is 14.7 Å². The number of fused-ring (bicyclic) bond motifs is 1. The fourth-order valence-corrected chi connectivity index (χ4v) is 5.19. The summed E-state index contributed by atoms with van der Waals surface area (Å²) >= 11 is 0.989. The van der Waals surface area contributed by atoms with Crippen molar-refractivity contribution in [1.82, 2.24) is 23.9 Å². The van der Waals surface area contributed by atoms with Gasteiger partial charge in [-0.05, 0) is 43.8 Å². The molecule has 2 aromatic heterocycles. The molecule has 0 aliphatic rings. The summed E-state index contributed by atoms with van der Waals surface area (Å²) in [7, 11) is -3.80. The monoisotopic (exact) mass is 436 g/mol. The average molecular weight is 437 g/mol. The molecule has 0 radical (unpaired) electrons. The van der Waals surface area contributed by atoms with Crippen LogP contribution in [0.1, 0.15) is 25.2 Å². The lowest BCUT2D eigenvalue weighted by atomic mass is 10.3. The molecule has 0 fully saturated rings. The first-order valence-electron chi connectivity index (χ1n) is 8.84. The fourth-order valence-electron chi connectivity index (χ4n) is 2.89. The van der Waals surface area contributed by atoms with Gasteiger partial charge < -0.3 is 0 Å². The van der Waals surface area contributed by atoms with E-state index in [1.165, 1.54) is 16.4 Å². The molecule has 0 amide bonds. The van der Waals surface area contributed by atoms with Crippen LogP contribution < -0.4 is 0 Å². The molecule has 0 saturated heterocycles. The lowest BCUT2D eigenvalue weighted by Gasteiger charge is -2.18. The Bertz CT molecular complexity index is 1190. The molecule has 0 bridgehead atoms. The van der Waals surface area contributed by atoms with Crippen molar-refractivity contribution in [2.75, 3.05) is 13.1 Å². The zero-order chi connectivity index (χ0) is 21.3. The molecule has 29 heavy (non-hydrogen) atoms. The molecule has 0 atom stereocenters. The number of hydrogen-bond acceptors (Lipinski definition) is 8. The van der Waals surface area contributed by atoms with E-state index in [1.807, 2.05) is 19.9 Å². The van der Waals surface area contributed by atoms with Crippen LogP contribution in [0.15, 0.2) is 39.2 Å². The SMILES string of the molecule is CCN(CC)S(=O)(=O)c1ccc(Sc2nc3nc(C)cc(C)n3n2)c([N+](=O)[O-])c1. The van der Waals surface area contributed by atoms with Gasteiger partial charge in [0.25, 0.3) is 11.5 Å². The maximum absolute atomic E-state index is 12.7. The molecule has 0 aliphatic carbocycles. The van der Waals surface area contributed by atoms with E-state index >= 15 is 0 Å². The van der Waals surface area contributed by atoms with E-state index < -0.39 is 14.9 Å². The number of benzene rings is 1. The second-order valence-electron chi connectivity index (χ2n) is 6.22. The van der Waals surface area contributed by atoms with Gasteiger partial charge in [-0.25, -0.2) is 17.9 Å². The van der Waals surface area contributed by atoms with E-state index in [0.717, 1.165) is 29.2 Å². The van der Waals surface area contributed by atoms with Gasteiger partial charge in [-0.2, -0.15) is 9.29 Å². The minimum Gasteiger partial charge on any atom is -0.258 e. The minimum atomic E-state index is -3.80. The van der Waals surface area contributed by atoms with Crippen LogP contribution in [0.2, 0.25) is 0 Å². The highest BCUT2D eigenvalue weighted by Gasteiger charge is 2.26. The van der Waals surface area contributed by atoms with Crippen molar-refractivity contribution in [2.24, 2.45) is 0 Å². The molecule has 10 nitrogen and oxygen atoms in total. The average Bonchev–Trinajstić information content (AvgIpc) is 3.05. The van der Waals surface area contributed by atoms with E-state index in [2.05, 4.69) is 15.1 Å². The van der Waals surface area contributed by atoms with Crippen LogP contribution in [0.3, 0.4) is 0 Å². The predicted molar refractivity (Wildman–Crippen MR) is 108 cm³/mol. The highest BCUT2D eigenvalue weighted by molar-refractivity contribution is 7.99. The van der Waals surface area contributed by atoms with Crippen LogP contribution in [-0.4, -0.2) is 50.3 Å². The van der Waals surface area contributed by atoms with Gasteiger partial charge in [0.1, 0.15) is 0 Å². The van der Waals surface area contributed by atoms with Gasteiger partial charge in [0.15, 0.2) is 0 Å². The molecule has 12 heteroatoms. The molecule has 154 valence electrons. The molecule has 0 spiro atoms. The van der Waals surface area contributed by atoms with Crippen molar-refractivity contribution < 1.29 is 13.3 Å². The smallest absolute Gasteiger partial charge is 0.258 e. The summed E-state index contributed by atoms with van der Waals surface area (Å²) in [4.78, 5) is 19.7. The van der Waals surface area contributed by atoms with Crippen LogP contribution in [0.4, 0.5) is 5.69 Å². The van der Waals surface area contributed by atoms with Gasteiger partial charge in [0.2, 0.25) is 15.2 Å². The maximum atomic E-state index is 12.7. The Morgan fingerprint density at radius 1 is 1.17 bits per heavy atom. The zero-order valence-corrected chi connectivity index (χ0v) is 18.0.